The minimum absolute atomic E-state index is 0.786. The van der Waals surface area contributed by atoms with Crippen molar-refractivity contribution in [3.05, 3.63) is 12.7 Å². The van der Waals surface area contributed by atoms with Crippen LogP contribution in [0.25, 0.3) is 0 Å². The Balaban J connectivity index is 0. The first-order valence-electron chi connectivity index (χ1n) is 5.11. The summed E-state index contributed by atoms with van der Waals surface area (Å²) in [6.45, 7) is 12.7. The van der Waals surface area contributed by atoms with Crippen LogP contribution in [0.4, 0.5) is 0 Å². The maximum absolute atomic E-state index is 3.38. The molecule has 0 aromatic heterocycles. The van der Waals surface area contributed by atoms with E-state index < -0.39 is 0 Å². The Bertz CT molecular complexity index is 73.1. The van der Waals surface area contributed by atoms with Gasteiger partial charge in [0.2, 0.25) is 0 Å². The monoisotopic (exact) mass is 171 g/mol. The maximum Gasteiger partial charge on any atom is 0.00387 e. The van der Waals surface area contributed by atoms with Crippen molar-refractivity contribution >= 4 is 0 Å². The first-order valence-corrected chi connectivity index (χ1v) is 5.11. The van der Waals surface area contributed by atoms with Crippen LogP contribution in [0.1, 0.15) is 47.0 Å². The molecule has 0 radical (unpaired) electrons. The van der Waals surface area contributed by atoms with Crippen molar-refractivity contribution in [2.24, 2.45) is 0 Å². The van der Waals surface area contributed by atoms with E-state index in [0.717, 1.165) is 6.04 Å². The lowest BCUT2D eigenvalue weighted by Gasteiger charge is -2.18. The van der Waals surface area contributed by atoms with Crippen LogP contribution in [0.5, 0.6) is 0 Å². The fraction of sp³-hybridized carbons (Fsp3) is 0.818. The SMILES string of the molecule is C=CC.CC.CC1CCCCN1. The smallest absolute Gasteiger partial charge is 0.00387 e. The summed E-state index contributed by atoms with van der Waals surface area (Å²) in [6.07, 6.45) is 5.93. The third-order valence-electron chi connectivity index (χ3n) is 1.56. The molecule has 1 atom stereocenters. The standard InChI is InChI=1S/C6H13N.C3H6.C2H6/c1-6-4-2-3-5-7-6;1-3-2;1-2/h6-7H,2-5H2,1H3;3H,1H2,2H3;1-2H3. The molecule has 1 fully saturated rings. The van der Waals surface area contributed by atoms with Crippen LogP contribution >= 0.6 is 0 Å². The summed E-state index contributed by atoms with van der Waals surface area (Å²) >= 11 is 0. The summed E-state index contributed by atoms with van der Waals surface area (Å²) in [6, 6.07) is 0.786. The number of nitrogens with one attached hydrogen (secondary N) is 1. The van der Waals surface area contributed by atoms with Gasteiger partial charge in [-0.15, -0.1) is 6.58 Å². The Hall–Kier alpha value is -0.300. The Morgan fingerprint density at radius 3 is 2.00 bits per heavy atom. The minimum atomic E-state index is 0.786. The highest BCUT2D eigenvalue weighted by molar-refractivity contribution is 4.65. The van der Waals surface area contributed by atoms with Gasteiger partial charge in [0, 0.05) is 6.04 Å². The normalized spacial score (nSPS) is 20.8. The van der Waals surface area contributed by atoms with Crippen LogP contribution in [0, 0.1) is 0 Å². The van der Waals surface area contributed by atoms with Crippen LogP contribution in [0.15, 0.2) is 12.7 Å². The fourth-order valence-corrected chi connectivity index (χ4v) is 1.03. The second-order valence-corrected chi connectivity index (χ2v) is 2.76. The van der Waals surface area contributed by atoms with Crippen molar-refractivity contribution in [2.45, 2.75) is 53.0 Å². The Morgan fingerprint density at radius 2 is 1.83 bits per heavy atom. The van der Waals surface area contributed by atoms with Crippen molar-refractivity contribution in [3.8, 4) is 0 Å². The van der Waals surface area contributed by atoms with Gasteiger partial charge in [-0.1, -0.05) is 26.3 Å². The average molecular weight is 171 g/mol. The molecule has 1 nitrogen and oxygen atoms in total. The van der Waals surface area contributed by atoms with E-state index in [9.17, 15) is 0 Å². The molecule has 1 rings (SSSR count). The molecule has 1 heteroatoms. The van der Waals surface area contributed by atoms with Gasteiger partial charge in [0.05, 0.1) is 0 Å². The number of allylic oxidation sites excluding steroid dienone is 1. The lowest BCUT2D eigenvalue weighted by Crippen LogP contribution is -2.30. The van der Waals surface area contributed by atoms with Gasteiger partial charge in [0.25, 0.3) is 0 Å². The van der Waals surface area contributed by atoms with Gasteiger partial charge in [-0.2, -0.15) is 0 Å². The molecule has 1 saturated heterocycles. The highest BCUT2D eigenvalue weighted by Crippen LogP contribution is 2.04. The van der Waals surface area contributed by atoms with Crippen molar-refractivity contribution in [2.75, 3.05) is 6.54 Å². The van der Waals surface area contributed by atoms with E-state index in [0.29, 0.717) is 0 Å². The molecule has 1 heterocycles. The Morgan fingerprint density at radius 1 is 1.33 bits per heavy atom. The molecule has 0 aromatic carbocycles. The number of rotatable bonds is 0. The highest BCUT2D eigenvalue weighted by Gasteiger charge is 2.04. The third-order valence-corrected chi connectivity index (χ3v) is 1.56. The van der Waals surface area contributed by atoms with Gasteiger partial charge in [-0.3, -0.25) is 0 Å². The lowest BCUT2D eigenvalue weighted by molar-refractivity contribution is 0.425. The van der Waals surface area contributed by atoms with Gasteiger partial charge in [-0.25, -0.2) is 0 Å². The molecule has 0 bridgehead atoms. The van der Waals surface area contributed by atoms with Crippen molar-refractivity contribution in [1.82, 2.24) is 5.32 Å². The molecule has 0 aliphatic carbocycles. The summed E-state index contributed by atoms with van der Waals surface area (Å²) in [5.41, 5.74) is 0. The Labute approximate surface area is 78.3 Å². The molecular formula is C11H25N. The first-order chi connectivity index (χ1) is 5.81. The van der Waals surface area contributed by atoms with Crippen LogP contribution in [0.2, 0.25) is 0 Å². The average Bonchev–Trinajstić information content (AvgIpc) is 2.11. The fourth-order valence-electron chi connectivity index (χ4n) is 1.03. The summed E-state index contributed by atoms with van der Waals surface area (Å²) in [5, 5.41) is 3.38. The van der Waals surface area contributed by atoms with E-state index in [1.807, 2.05) is 20.8 Å². The molecular weight excluding hydrogens is 146 g/mol. The third kappa shape index (κ3) is 12.4. The topological polar surface area (TPSA) is 12.0 Å². The van der Waals surface area contributed by atoms with E-state index in [1.54, 1.807) is 6.08 Å². The molecule has 0 saturated carbocycles. The predicted octanol–water partition coefficient (Wildman–Crippen LogP) is 3.37. The molecule has 0 aromatic rings. The molecule has 1 aliphatic heterocycles. The van der Waals surface area contributed by atoms with E-state index in [4.69, 9.17) is 0 Å². The van der Waals surface area contributed by atoms with Gasteiger partial charge in [-0.05, 0) is 33.2 Å². The number of piperidine rings is 1. The van der Waals surface area contributed by atoms with E-state index >= 15 is 0 Å². The van der Waals surface area contributed by atoms with Gasteiger partial charge >= 0.3 is 0 Å². The molecule has 0 spiro atoms. The quantitative estimate of drug-likeness (QED) is 0.551. The summed E-state index contributed by atoms with van der Waals surface area (Å²) in [7, 11) is 0. The second kappa shape index (κ2) is 13.3. The lowest BCUT2D eigenvalue weighted by atomic mass is 10.1. The second-order valence-electron chi connectivity index (χ2n) is 2.76. The van der Waals surface area contributed by atoms with Crippen LogP contribution < -0.4 is 5.32 Å². The van der Waals surface area contributed by atoms with Crippen molar-refractivity contribution < 1.29 is 0 Å². The van der Waals surface area contributed by atoms with Crippen molar-refractivity contribution in [1.29, 1.82) is 0 Å². The molecule has 1 unspecified atom stereocenters. The van der Waals surface area contributed by atoms with Crippen LogP contribution in [-0.4, -0.2) is 12.6 Å². The van der Waals surface area contributed by atoms with Crippen LogP contribution in [0.3, 0.4) is 0 Å². The van der Waals surface area contributed by atoms with E-state index in [1.165, 1.54) is 25.8 Å². The summed E-state index contributed by atoms with van der Waals surface area (Å²) < 4.78 is 0. The van der Waals surface area contributed by atoms with Crippen molar-refractivity contribution in [3.63, 3.8) is 0 Å². The van der Waals surface area contributed by atoms with E-state index in [2.05, 4.69) is 18.8 Å². The zero-order chi connectivity index (χ0) is 9.82. The summed E-state index contributed by atoms with van der Waals surface area (Å²) in [4.78, 5) is 0. The highest BCUT2D eigenvalue weighted by atomic mass is 14.9. The first kappa shape index (κ1) is 14.2. The summed E-state index contributed by atoms with van der Waals surface area (Å²) in [5.74, 6) is 0. The maximum atomic E-state index is 3.38. The van der Waals surface area contributed by atoms with Crippen LogP contribution in [-0.2, 0) is 0 Å². The molecule has 0 amide bonds. The minimum Gasteiger partial charge on any atom is -0.314 e. The molecule has 1 aliphatic rings. The molecule has 74 valence electrons. The predicted molar refractivity (Wildman–Crippen MR) is 58.5 cm³/mol. The molecule has 1 N–H and O–H groups in total. The number of hydrogen-bond donors (Lipinski definition) is 1. The molecule has 12 heavy (non-hydrogen) atoms. The Kier molecular flexibility index (Phi) is 15.8. The van der Waals surface area contributed by atoms with Gasteiger partial charge < -0.3 is 5.32 Å². The van der Waals surface area contributed by atoms with E-state index in [-0.39, 0.29) is 0 Å². The zero-order valence-corrected chi connectivity index (χ0v) is 9.19. The number of hydrogen-bond acceptors (Lipinski definition) is 1. The van der Waals surface area contributed by atoms with Gasteiger partial charge in [0.1, 0.15) is 0 Å². The van der Waals surface area contributed by atoms with Gasteiger partial charge in [0.15, 0.2) is 0 Å². The largest absolute Gasteiger partial charge is 0.314 e. The zero-order valence-electron chi connectivity index (χ0n) is 9.19.